The summed E-state index contributed by atoms with van der Waals surface area (Å²) in [4.78, 5) is 37.3. The summed E-state index contributed by atoms with van der Waals surface area (Å²) in [6.07, 6.45) is -5.60. The molecule has 0 radical (unpaired) electrons. The smallest absolute Gasteiger partial charge is 0.407 e. The largest absolute Gasteiger partial charge is 0.481 e. The second kappa shape index (κ2) is 8.28. The Morgan fingerprint density at radius 2 is 1.69 bits per heavy atom. The third-order valence-corrected chi connectivity index (χ3v) is 7.37. The molecule has 184 valence electrons. The van der Waals surface area contributed by atoms with E-state index in [1.807, 2.05) is 48.5 Å². The predicted octanol–water partition coefficient (Wildman–Crippen LogP) is 3.64. The number of carboxylic acids is 1. The van der Waals surface area contributed by atoms with E-state index in [1.54, 1.807) is 0 Å². The molecule has 3 aliphatic rings. The molecule has 3 unspecified atom stereocenters. The van der Waals surface area contributed by atoms with Crippen molar-refractivity contribution in [3.8, 4) is 11.1 Å². The average Bonchev–Trinajstić information content (AvgIpc) is 3.24. The lowest BCUT2D eigenvalue weighted by Gasteiger charge is -2.27. The number of fused-ring (bicyclic) bond motifs is 4. The SMILES string of the molecule is O=C(NCC(C(=O)N1CC2CC2(C(=O)O)C1)C(F)(F)F)OCC1c2ccccc2-c2ccccc21. The highest BCUT2D eigenvalue weighted by atomic mass is 19.4. The van der Waals surface area contributed by atoms with Crippen LogP contribution < -0.4 is 5.32 Å². The average molecular weight is 488 g/mol. The number of carboxylic acid groups (broad SMARTS) is 1. The monoisotopic (exact) mass is 488 g/mol. The number of hydrogen-bond donors (Lipinski definition) is 2. The number of ether oxygens (including phenoxy) is 1. The number of hydrogen-bond acceptors (Lipinski definition) is 4. The minimum Gasteiger partial charge on any atom is -0.481 e. The highest BCUT2D eigenvalue weighted by Gasteiger charge is 2.67. The van der Waals surface area contributed by atoms with Gasteiger partial charge in [-0.05, 0) is 34.6 Å². The number of alkyl halides is 3. The van der Waals surface area contributed by atoms with Gasteiger partial charge in [-0.2, -0.15) is 13.2 Å². The predicted molar refractivity (Wildman–Crippen MR) is 117 cm³/mol. The fraction of sp³-hybridized carbons (Fsp3) is 0.400. The number of piperidine rings is 1. The second-order valence-corrected chi connectivity index (χ2v) is 9.38. The number of carbonyl (C=O) groups excluding carboxylic acids is 2. The van der Waals surface area contributed by atoms with Crippen LogP contribution in [0.5, 0.6) is 0 Å². The quantitative estimate of drug-likeness (QED) is 0.648. The lowest BCUT2D eigenvalue weighted by Crippen LogP contribution is -2.48. The Morgan fingerprint density at radius 3 is 2.23 bits per heavy atom. The van der Waals surface area contributed by atoms with Crippen LogP contribution in [0.1, 0.15) is 23.5 Å². The van der Waals surface area contributed by atoms with Crippen LogP contribution in [0, 0.1) is 17.3 Å². The standard InChI is InChI=1S/C25H23F3N2O5/c26-25(27,28)20(21(31)30-11-14-9-24(14,13-30)22(32)33)10-29-23(34)35-12-19-17-7-3-1-5-15(17)16-6-2-4-8-18(16)19/h1-8,14,19-20H,9-13H2,(H,29,34)(H,32,33). The van der Waals surface area contributed by atoms with Gasteiger partial charge in [0.25, 0.3) is 0 Å². The first-order valence-electron chi connectivity index (χ1n) is 11.3. The Hall–Kier alpha value is -3.56. The summed E-state index contributed by atoms with van der Waals surface area (Å²) in [5.41, 5.74) is 2.83. The van der Waals surface area contributed by atoms with Crippen molar-refractivity contribution in [2.45, 2.75) is 18.5 Å². The van der Waals surface area contributed by atoms with E-state index in [1.165, 1.54) is 0 Å². The van der Waals surface area contributed by atoms with Gasteiger partial charge in [0, 0.05) is 25.6 Å². The van der Waals surface area contributed by atoms with Crippen molar-refractivity contribution in [2.24, 2.45) is 17.3 Å². The van der Waals surface area contributed by atoms with Crippen molar-refractivity contribution in [1.82, 2.24) is 10.2 Å². The molecule has 3 atom stereocenters. The van der Waals surface area contributed by atoms with Gasteiger partial charge in [-0.3, -0.25) is 9.59 Å². The van der Waals surface area contributed by atoms with E-state index in [2.05, 4.69) is 5.32 Å². The molecule has 1 saturated heterocycles. The maximum absolute atomic E-state index is 13.6. The summed E-state index contributed by atoms with van der Waals surface area (Å²) in [6.45, 7) is -1.33. The van der Waals surface area contributed by atoms with Crippen LogP contribution in [-0.4, -0.2) is 60.4 Å². The summed E-state index contributed by atoms with van der Waals surface area (Å²) in [5.74, 6) is -5.39. The third kappa shape index (κ3) is 4.00. The minimum atomic E-state index is -4.91. The number of likely N-dealkylation sites (tertiary alicyclic amines) is 1. The fourth-order valence-corrected chi connectivity index (χ4v) is 5.38. The summed E-state index contributed by atoms with van der Waals surface area (Å²) >= 11 is 0. The van der Waals surface area contributed by atoms with Crippen LogP contribution in [0.3, 0.4) is 0 Å². The molecule has 35 heavy (non-hydrogen) atoms. The maximum atomic E-state index is 13.6. The number of benzene rings is 2. The number of alkyl carbamates (subject to hydrolysis) is 1. The normalized spacial score (nSPS) is 23.2. The van der Waals surface area contributed by atoms with Gasteiger partial charge >= 0.3 is 18.2 Å². The number of rotatable bonds is 6. The highest BCUT2D eigenvalue weighted by molar-refractivity contribution is 5.85. The Kier molecular flexibility index (Phi) is 5.49. The van der Waals surface area contributed by atoms with E-state index < -0.39 is 42.0 Å². The van der Waals surface area contributed by atoms with E-state index in [4.69, 9.17) is 4.74 Å². The topological polar surface area (TPSA) is 95.9 Å². The van der Waals surface area contributed by atoms with Gasteiger partial charge in [-0.1, -0.05) is 48.5 Å². The molecule has 2 fully saturated rings. The van der Waals surface area contributed by atoms with Gasteiger partial charge in [0.05, 0.1) is 5.41 Å². The Bertz CT molecular complexity index is 1150. The van der Waals surface area contributed by atoms with E-state index >= 15 is 0 Å². The van der Waals surface area contributed by atoms with Crippen LogP contribution >= 0.6 is 0 Å². The summed E-state index contributed by atoms with van der Waals surface area (Å²) in [7, 11) is 0. The third-order valence-electron chi connectivity index (χ3n) is 7.37. The summed E-state index contributed by atoms with van der Waals surface area (Å²) < 4.78 is 46.2. The molecule has 7 nitrogen and oxygen atoms in total. The van der Waals surface area contributed by atoms with Gasteiger partial charge in [0.2, 0.25) is 5.91 Å². The Morgan fingerprint density at radius 1 is 1.09 bits per heavy atom. The van der Waals surface area contributed by atoms with E-state index in [9.17, 15) is 32.7 Å². The first-order chi connectivity index (χ1) is 16.6. The number of carbonyl (C=O) groups is 3. The molecule has 0 spiro atoms. The molecule has 0 aromatic heterocycles. The molecule has 1 heterocycles. The van der Waals surface area contributed by atoms with Crippen LogP contribution in [-0.2, 0) is 14.3 Å². The van der Waals surface area contributed by atoms with E-state index in [0.29, 0.717) is 6.42 Å². The first kappa shape index (κ1) is 23.2. The van der Waals surface area contributed by atoms with Gasteiger partial charge in [-0.25, -0.2) is 4.79 Å². The van der Waals surface area contributed by atoms with E-state index in [-0.39, 0.29) is 31.5 Å². The highest BCUT2D eigenvalue weighted by Crippen LogP contribution is 2.58. The van der Waals surface area contributed by atoms with E-state index in [0.717, 1.165) is 27.2 Å². The number of halogens is 3. The summed E-state index contributed by atoms with van der Waals surface area (Å²) in [5, 5.41) is 11.4. The fourth-order valence-electron chi connectivity index (χ4n) is 5.38. The molecule has 1 aliphatic heterocycles. The van der Waals surface area contributed by atoms with Crippen LogP contribution in [0.15, 0.2) is 48.5 Å². The van der Waals surface area contributed by atoms with Gasteiger partial charge in [0.1, 0.15) is 6.61 Å². The summed E-state index contributed by atoms with van der Waals surface area (Å²) in [6, 6.07) is 15.3. The van der Waals surface area contributed by atoms with Crippen molar-refractivity contribution < 1.29 is 37.4 Å². The zero-order valence-electron chi connectivity index (χ0n) is 18.5. The Labute approximate surface area is 198 Å². The lowest BCUT2D eigenvalue weighted by molar-refractivity contribution is -0.187. The number of amides is 2. The zero-order chi connectivity index (χ0) is 25.0. The molecule has 5 rings (SSSR count). The van der Waals surface area contributed by atoms with Crippen LogP contribution in [0.2, 0.25) is 0 Å². The molecule has 10 heteroatoms. The van der Waals surface area contributed by atoms with Crippen molar-refractivity contribution in [3.05, 3.63) is 59.7 Å². The minimum absolute atomic E-state index is 0.0251. The molecule has 2 N–H and O–H groups in total. The molecule has 1 saturated carbocycles. The zero-order valence-corrected chi connectivity index (χ0v) is 18.5. The molecule has 0 bridgehead atoms. The maximum Gasteiger partial charge on any atom is 0.407 e. The number of aliphatic carboxylic acids is 1. The molecule has 2 aromatic carbocycles. The molecular formula is C25H23F3N2O5. The first-order valence-corrected chi connectivity index (χ1v) is 11.3. The number of nitrogens with zero attached hydrogens (tertiary/aromatic N) is 1. The van der Waals surface area contributed by atoms with Gasteiger partial charge in [0.15, 0.2) is 5.92 Å². The van der Waals surface area contributed by atoms with Crippen molar-refractivity contribution in [1.29, 1.82) is 0 Å². The van der Waals surface area contributed by atoms with Gasteiger partial charge < -0.3 is 20.1 Å². The van der Waals surface area contributed by atoms with Crippen molar-refractivity contribution in [3.63, 3.8) is 0 Å². The van der Waals surface area contributed by atoms with Gasteiger partial charge in [-0.15, -0.1) is 0 Å². The van der Waals surface area contributed by atoms with Crippen LogP contribution in [0.4, 0.5) is 18.0 Å². The number of nitrogens with one attached hydrogen (secondary N) is 1. The second-order valence-electron chi connectivity index (χ2n) is 9.38. The molecular weight excluding hydrogens is 465 g/mol. The molecule has 2 aliphatic carbocycles. The molecule has 2 amide bonds. The van der Waals surface area contributed by atoms with Crippen molar-refractivity contribution in [2.75, 3.05) is 26.2 Å². The Balaban J connectivity index is 1.21. The van der Waals surface area contributed by atoms with Crippen LogP contribution in [0.25, 0.3) is 11.1 Å². The lowest BCUT2D eigenvalue weighted by atomic mass is 9.98. The van der Waals surface area contributed by atoms with Crippen molar-refractivity contribution >= 4 is 18.0 Å². The molecule has 2 aromatic rings.